The van der Waals surface area contributed by atoms with E-state index in [2.05, 4.69) is 9.68 Å². The first-order valence-electron chi connectivity index (χ1n) is 6.86. The predicted molar refractivity (Wildman–Crippen MR) is 80.6 cm³/mol. The summed E-state index contributed by atoms with van der Waals surface area (Å²) in [6.45, 7) is -0.416. The molecule has 12 heteroatoms. The molecule has 2 unspecified atom stereocenters. The van der Waals surface area contributed by atoms with Gasteiger partial charge in [-0.1, -0.05) is 0 Å². The van der Waals surface area contributed by atoms with Gasteiger partial charge >= 0.3 is 5.97 Å². The lowest BCUT2D eigenvalue weighted by Gasteiger charge is -2.14. The first-order valence-corrected chi connectivity index (χ1v) is 8.25. The van der Waals surface area contributed by atoms with Crippen LogP contribution in [0.4, 0.5) is 0 Å². The summed E-state index contributed by atoms with van der Waals surface area (Å²) in [6.07, 6.45) is 2.38. The Morgan fingerprint density at radius 1 is 1.22 bits per heavy atom. The summed E-state index contributed by atoms with van der Waals surface area (Å²) in [5.74, 6) is 0.265. The molecule has 134 valence electrons. The fraction of sp³-hybridized carbons (Fsp3) is 0.909. The van der Waals surface area contributed by atoms with E-state index in [0.717, 1.165) is 5.75 Å². The van der Waals surface area contributed by atoms with Gasteiger partial charge in [0, 0.05) is 0 Å². The number of esters is 1. The molecule has 0 aromatic rings. The van der Waals surface area contributed by atoms with Crippen molar-refractivity contribution in [2.75, 3.05) is 25.2 Å². The number of carbonyl (C=O) groups is 1. The molecule has 0 spiro atoms. The third-order valence-electron chi connectivity index (χ3n) is 2.70. The van der Waals surface area contributed by atoms with E-state index in [-0.39, 0.29) is 13.0 Å². The highest BCUT2D eigenvalue weighted by atomic mass is 32.2. The molecular weight excluding hydrogens is 334 g/mol. The van der Waals surface area contributed by atoms with Crippen molar-refractivity contribution in [1.82, 2.24) is 0 Å². The summed E-state index contributed by atoms with van der Waals surface area (Å²) in [7, 11) is 0. The van der Waals surface area contributed by atoms with Crippen LogP contribution in [0.1, 0.15) is 25.7 Å². The van der Waals surface area contributed by atoms with Crippen molar-refractivity contribution in [2.24, 2.45) is 5.73 Å². The zero-order valence-corrected chi connectivity index (χ0v) is 13.6. The maximum atomic E-state index is 11.5. The molecule has 23 heavy (non-hydrogen) atoms. The van der Waals surface area contributed by atoms with Crippen LogP contribution in [0, 0.1) is 20.2 Å². The average Bonchev–Trinajstić information content (AvgIpc) is 2.48. The number of ether oxygens (including phenoxy) is 1. The zero-order valence-electron chi connectivity index (χ0n) is 12.8. The Morgan fingerprint density at radius 3 is 2.48 bits per heavy atom. The predicted octanol–water partition coefficient (Wildman–Crippen LogP) is 0.565. The summed E-state index contributed by atoms with van der Waals surface area (Å²) >= 11 is 1.58. The Hall–Kier alpha value is -1.82. The number of nitrogens with two attached hydrogens (primary N) is 1. The molecule has 0 heterocycles. The van der Waals surface area contributed by atoms with Gasteiger partial charge in [-0.15, -0.1) is 20.2 Å². The Balaban J connectivity index is 3.89. The van der Waals surface area contributed by atoms with Crippen molar-refractivity contribution in [3.63, 3.8) is 0 Å². The van der Waals surface area contributed by atoms with E-state index in [9.17, 15) is 25.0 Å². The highest BCUT2D eigenvalue weighted by Crippen LogP contribution is 2.07. The number of rotatable bonds is 14. The van der Waals surface area contributed by atoms with Gasteiger partial charge in [-0.2, -0.15) is 11.8 Å². The summed E-state index contributed by atoms with van der Waals surface area (Å²) < 4.78 is 4.97. The highest BCUT2D eigenvalue weighted by molar-refractivity contribution is 7.98. The van der Waals surface area contributed by atoms with Crippen LogP contribution in [0.5, 0.6) is 0 Å². The van der Waals surface area contributed by atoms with Gasteiger partial charge in [0.05, 0.1) is 6.61 Å². The summed E-state index contributed by atoms with van der Waals surface area (Å²) in [6, 6.07) is -0.665. The highest BCUT2D eigenvalue weighted by Gasteiger charge is 2.16. The van der Waals surface area contributed by atoms with Crippen LogP contribution in [-0.4, -0.2) is 53.5 Å². The number of nitrogens with zero attached hydrogens (tertiary/aromatic N) is 2. The minimum atomic E-state index is -1.05. The zero-order chi connectivity index (χ0) is 17.7. The Bertz CT molecular complexity index is 384. The SMILES string of the molecule is CSCCC(N)C(=O)OCCCCC(CO[N+](=O)[O-])O[N+](=O)[O-]. The molecular formula is C11H21N3O8S. The molecule has 0 aliphatic carbocycles. The van der Waals surface area contributed by atoms with Gasteiger partial charge in [0.25, 0.3) is 10.2 Å². The van der Waals surface area contributed by atoms with Crippen molar-refractivity contribution in [3.05, 3.63) is 20.2 Å². The number of unbranched alkanes of at least 4 members (excludes halogenated alkanes) is 1. The quantitative estimate of drug-likeness (QED) is 0.202. The monoisotopic (exact) mass is 355 g/mol. The fourth-order valence-electron chi connectivity index (χ4n) is 1.55. The van der Waals surface area contributed by atoms with Gasteiger partial charge < -0.3 is 20.1 Å². The maximum absolute atomic E-state index is 11.5. The molecule has 0 aromatic carbocycles. The number of hydrogen-bond acceptors (Lipinski definition) is 10. The van der Waals surface area contributed by atoms with Crippen molar-refractivity contribution in [1.29, 1.82) is 0 Å². The molecule has 0 saturated carbocycles. The van der Waals surface area contributed by atoms with E-state index in [1.807, 2.05) is 6.26 Å². The molecule has 0 bridgehead atoms. The molecule has 0 aliphatic heterocycles. The molecule has 0 fully saturated rings. The van der Waals surface area contributed by atoms with Crippen molar-refractivity contribution < 1.29 is 29.4 Å². The van der Waals surface area contributed by atoms with Gasteiger partial charge in [-0.3, -0.25) is 4.79 Å². The van der Waals surface area contributed by atoms with E-state index in [1.54, 1.807) is 11.8 Å². The van der Waals surface area contributed by atoms with Crippen LogP contribution in [0.2, 0.25) is 0 Å². The number of carbonyl (C=O) groups excluding carboxylic acids is 1. The molecule has 0 aromatic heterocycles. The minimum absolute atomic E-state index is 0.118. The van der Waals surface area contributed by atoms with Crippen LogP contribution < -0.4 is 5.73 Å². The van der Waals surface area contributed by atoms with Gasteiger partial charge in [-0.25, -0.2) is 0 Å². The first-order chi connectivity index (χ1) is 10.9. The normalized spacial score (nSPS) is 13.0. The lowest BCUT2D eigenvalue weighted by Crippen LogP contribution is -2.33. The van der Waals surface area contributed by atoms with Crippen molar-refractivity contribution >= 4 is 17.7 Å². The van der Waals surface area contributed by atoms with E-state index in [4.69, 9.17) is 10.5 Å². The fourth-order valence-corrected chi connectivity index (χ4v) is 2.04. The molecule has 11 nitrogen and oxygen atoms in total. The average molecular weight is 355 g/mol. The van der Waals surface area contributed by atoms with Gasteiger partial charge in [0.2, 0.25) is 0 Å². The van der Waals surface area contributed by atoms with Gasteiger partial charge in [0.15, 0.2) is 0 Å². The summed E-state index contributed by atoms with van der Waals surface area (Å²) in [4.78, 5) is 40.2. The molecule has 2 atom stereocenters. The topological polar surface area (TPSA) is 157 Å². The molecule has 2 N–H and O–H groups in total. The second-order valence-corrected chi connectivity index (χ2v) is 5.51. The van der Waals surface area contributed by atoms with E-state index in [1.165, 1.54) is 0 Å². The molecule has 0 aliphatic rings. The third kappa shape index (κ3) is 12.4. The van der Waals surface area contributed by atoms with Crippen LogP contribution in [-0.2, 0) is 19.2 Å². The van der Waals surface area contributed by atoms with Crippen molar-refractivity contribution in [3.8, 4) is 0 Å². The minimum Gasteiger partial charge on any atom is -0.465 e. The number of hydrogen-bond donors (Lipinski definition) is 1. The summed E-state index contributed by atoms with van der Waals surface area (Å²) in [5.41, 5.74) is 5.63. The molecule has 0 amide bonds. The maximum Gasteiger partial charge on any atom is 0.322 e. The Morgan fingerprint density at radius 2 is 1.91 bits per heavy atom. The molecule has 0 saturated heterocycles. The second-order valence-electron chi connectivity index (χ2n) is 4.52. The van der Waals surface area contributed by atoms with E-state index < -0.39 is 34.9 Å². The molecule has 0 radical (unpaired) electrons. The Kier molecular flexibility index (Phi) is 11.7. The third-order valence-corrected chi connectivity index (χ3v) is 3.35. The number of thioether (sulfide) groups is 1. The largest absolute Gasteiger partial charge is 0.465 e. The van der Waals surface area contributed by atoms with Gasteiger partial charge in [-0.05, 0) is 37.7 Å². The van der Waals surface area contributed by atoms with Crippen LogP contribution in [0.25, 0.3) is 0 Å². The Labute approximate surface area is 137 Å². The molecule has 0 rings (SSSR count). The smallest absolute Gasteiger partial charge is 0.322 e. The van der Waals surface area contributed by atoms with Gasteiger partial charge in [0.1, 0.15) is 18.8 Å². The van der Waals surface area contributed by atoms with Crippen LogP contribution in [0.15, 0.2) is 0 Å². The second kappa shape index (κ2) is 12.7. The van der Waals surface area contributed by atoms with Crippen LogP contribution in [0.3, 0.4) is 0 Å². The standard InChI is InChI=1S/C11H21N3O8S/c1-23-7-5-10(12)11(15)20-6-3-2-4-9(22-14(18)19)8-21-13(16)17/h9-10H,2-8,12H2,1H3. The van der Waals surface area contributed by atoms with Crippen molar-refractivity contribution in [2.45, 2.75) is 37.8 Å². The van der Waals surface area contributed by atoms with E-state index in [0.29, 0.717) is 19.3 Å². The lowest BCUT2D eigenvalue weighted by molar-refractivity contribution is -0.790. The lowest BCUT2D eigenvalue weighted by atomic mass is 10.1. The summed E-state index contributed by atoms with van der Waals surface area (Å²) in [5, 5.41) is 18.3. The first kappa shape index (κ1) is 21.2. The van der Waals surface area contributed by atoms with Crippen LogP contribution >= 0.6 is 11.8 Å². The van der Waals surface area contributed by atoms with E-state index >= 15 is 0 Å².